The van der Waals surface area contributed by atoms with Crippen LogP contribution in [-0.4, -0.2) is 18.5 Å². The zero-order valence-electron chi connectivity index (χ0n) is 5.43. The Morgan fingerprint density at radius 2 is 2.00 bits per heavy atom. The molecule has 3 nitrogen and oxygen atoms in total. The van der Waals surface area contributed by atoms with Gasteiger partial charge in [-0.15, -0.1) is 0 Å². The van der Waals surface area contributed by atoms with Crippen molar-refractivity contribution in [3.63, 3.8) is 0 Å². The molecule has 0 aliphatic carbocycles. The minimum atomic E-state index is -2.26. The summed E-state index contributed by atoms with van der Waals surface area (Å²) in [6.45, 7) is 1.66. The molecule has 0 fully saturated rings. The average molecular weight is 183 g/mol. The highest BCUT2D eigenvalue weighted by Crippen LogP contribution is 1.94. The lowest BCUT2D eigenvalue weighted by Gasteiger charge is -1.89. The summed E-state index contributed by atoms with van der Waals surface area (Å²) in [5.41, 5.74) is 0. The Morgan fingerprint density at radius 3 is 2.10 bits per heavy atom. The fraction of sp³-hybridized carbons (Fsp3) is 0.600. The Labute approximate surface area is 65.5 Å². The van der Waals surface area contributed by atoms with Gasteiger partial charge in [-0.3, -0.25) is 4.79 Å². The molecule has 0 bridgehead atoms. The lowest BCUT2D eigenvalue weighted by atomic mass is 10.3. The van der Waals surface area contributed by atoms with Gasteiger partial charge in [-0.05, 0) is 18.0 Å². The van der Waals surface area contributed by atoms with Crippen LogP contribution < -0.4 is 0 Å². The number of carbonyl (C=O) groups excluding carboxylic acids is 1. The summed E-state index contributed by atoms with van der Waals surface area (Å²) >= 11 is 4.96. The molecule has 0 aromatic heterocycles. The second kappa shape index (κ2) is 4.46. The molecule has 0 saturated heterocycles. The van der Waals surface area contributed by atoms with Crippen LogP contribution in [0.3, 0.4) is 0 Å². The van der Waals surface area contributed by atoms with Crippen molar-refractivity contribution in [2.24, 2.45) is 0 Å². The van der Waals surface area contributed by atoms with Crippen molar-refractivity contribution in [1.82, 2.24) is 0 Å². The van der Waals surface area contributed by atoms with E-state index in [-0.39, 0.29) is 11.3 Å². The maximum Gasteiger partial charge on any atom is 0.226 e. The van der Waals surface area contributed by atoms with Crippen molar-refractivity contribution < 1.29 is 13.2 Å². The third-order valence-electron chi connectivity index (χ3n) is 0.966. The van der Waals surface area contributed by atoms with E-state index in [0.717, 1.165) is 0 Å². The van der Waals surface area contributed by atoms with E-state index in [1.165, 1.54) is 0 Å². The van der Waals surface area contributed by atoms with E-state index in [9.17, 15) is 13.2 Å². The number of hydrogen-bond donors (Lipinski definition) is 0. The molecule has 5 heteroatoms. The van der Waals surface area contributed by atoms with Crippen molar-refractivity contribution in [2.45, 2.75) is 19.8 Å². The van der Waals surface area contributed by atoms with Gasteiger partial charge in [0.2, 0.25) is 15.5 Å². The van der Waals surface area contributed by atoms with E-state index >= 15 is 0 Å². The predicted molar refractivity (Wildman–Crippen MR) is 39.7 cm³/mol. The molecule has 0 saturated carbocycles. The average Bonchev–Trinajstić information content (AvgIpc) is 1.81. The van der Waals surface area contributed by atoms with Gasteiger partial charge in [0.1, 0.15) is 0 Å². The largest absolute Gasteiger partial charge is 0.281 e. The molecule has 0 radical (unpaired) electrons. The second-order valence-electron chi connectivity index (χ2n) is 1.66. The molecule has 0 rings (SSSR count). The summed E-state index contributed by atoms with van der Waals surface area (Å²) < 4.78 is 20.4. The van der Waals surface area contributed by atoms with Crippen LogP contribution in [-0.2, 0) is 15.1 Å². The Kier molecular flexibility index (Phi) is 4.31. The second-order valence-corrected chi connectivity index (χ2v) is 3.13. The fourth-order valence-corrected chi connectivity index (χ4v) is 1.18. The van der Waals surface area contributed by atoms with E-state index in [1.54, 1.807) is 6.92 Å². The van der Waals surface area contributed by atoms with E-state index < -0.39 is 15.5 Å². The van der Waals surface area contributed by atoms with Crippen LogP contribution in [0.5, 0.6) is 0 Å². The number of carbonyl (C=O) groups is 1. The molecular weight excluding hydrogens is 176 g/mol. The smallest absolute Gasteiger partial charge is 0.226 e. The zero-order chi connectivity index (χ0) is 8.15. The van der Waals surface area contributed by atoms with Crippen LogP contribution in [0.2, 0.25) is 0 Å². The molecule has 0 spiro atoms. The van der Waals surface area contributed by atoms with Gasteiger partial charge in [0.05, 0.1) is 11.3 Å². The highest BCUT2D eigenvalue weighted by atomic mass is 35.5. The minimum absolute atomic E-state index is 0.153. The quantitative estimate of drug-likeness (QED) is 0.475. The first-order chi connectivity index (χ1) is 4.57. The van der Waals surface area contributed by atoms with E-state index in [4.69, 9.17) is 11.6 Å². The molecular formula is C5H7ClO3S. The fourth-order valence-electron chi connectivity index (χ4n) is 0.457. The topological polar surface area (TPSA) is 51.2 Å². The summed E-state index contributed by atoms with van der Waals surface area (Å²) in [6.07, 6.45) is 0.169. The minimum Gasteiger partial charge on any atom is -0.281 e. The van der Waals surface area contributed by atoms with Gasteiger partial charge in [-0.2, -0.15) is 8.42 Å². The molecule has 0 aromatic carbocycles. The van der Waals surface area contributed by atoms with Gasteiger partial charge in [0.25, 0.3) is 0 Å². The highest BCUT2D eigenvalue weighted by molar-refractivity contribution is 7.73. The zero-order valence-corrected chi connectivity index (χ0v) is 7.00. The van der Waals surface area contributed by atoms with Crippen LogP contribution in [0.4, 0.5) is 0 Å². The number of hydrogen-bond acceptors (Lipinski definition) is 3. The molecule has 58 valence electrons. The van der Waals surface area contributed by atoms with Gasteiger partial charge >= 0.3 is 0 Å². The van der Waals surface area contributed by atoms with Crippen molar-refractivity contribution in [3.8, 4) is 0 Å². The van der Waals surface area contributed by atoms with Crippen LogP contribution >= 0.6 is 11.6 Å². The molecule has 0 aromatic rings. The molecule has 0 N–H and O–H groups in total. The Bertz CT molecular complexity index is 244. The van der Waals surface area contributed by atoms with Crippen LogP contribution in [0.15, 0.2) is 0 Å². The summed E-state index contributed by atoms with van der Waals surface area (Å²) in [5.74, 6) is 0. The van der Waals surface area contributed by atoms with Crippen molar-refractivity contribution >= 4 is 32.0 Å². The maximum atomic E-state index is 10.2. The highest BCUT2D eigenvalue weighted by Gasteiger charge is 2.03. The third-order valence-corrected chi connectivity index (χ3v) is 2.00. The first kappa shape index (κ1) is 9.65. The van der Waals surface area contributed by atoms with E-state index in [0.29, 0.717) is 6.42 Å². The molecule has 0 aliphatic rings. The molecule has 0 unspecified atom stereocenters. The van der Waals surface area contributed by atoms with E-state index in [1.807, 2.05) is 0 Å². The number of rotatable bonds is 3. The Balaban J connectivity index is 4.42. The lowest BCUT2D eigenvalue weighted by Crippen LogP contribution is -2.02. The molecule has 0 amide bonds. The van der Waals surface area contributed by atoms with Crippen LogP contribution in [0.25, 0.3) is 0 Å². The van der Waals surface area contributed by atoms with Crippen molar-refractivity contribution in [3.05, 3.63) is 0 Å². The molecule has 0 heterocycles. The van der Waals surface area contributed by atoms with Gasteiger partial charge in [0.15, 0.2) is 0 Å². The number of halogens is 1. The predicted octanol–water partition coefficient (Wildman–Crippen LogP) is 0.603. The third kappa shape index (κ3) is 3.63. The molecule has 0 aliphatic heterocycles. The Morgan fingerprint density at radius 1 is 1.50 bits per heavy atom. The van der Waals surface area contributed by atoms with E-state index in [2.05, 4.69) is 0 Å². The lowest BCUT2D eigenvalue weighted by molar-refractivity contribution is -0.110. The monoisotopic (exact) mass is 182 g/mol. The maximum absolute atomic E-state index is 10.2. The van der Waals surface area contributed by atoms with Gasteiger partial charge in [0, 0.05) is 0 Å². The van der Waals surface area contributed by atoms with Crippen LogP contribution in [0, 0.1) is 0 Å². The van der Waals surface area contributed by atoms with Gasteiger partial charge in [-0.1, -0.05) is 6.92 Å². The molecule has 0 atom stereocenters. The Hall–Kier alpha value is -0.350. The van der Waals surface area contributed by atoms with Gasteiger partial charge in [-0.25, -0.2) is 0 Å². The molecule has 10 heavy (non-hydrogen) atoms. The SMILES string of the molecule is CCC(CC(=O)Cl)=S(=O)=O. The summed E-state index contributed by atoms with van der Waals surface area (Å²) in [5, 5.41) is -0.638. The standard InChI is InChI=1S/C5H7ClO3S/c1-2-4(10(8)9)3-5(6)7/h2-3H2,1H3. The normalized spacial score (nSPS) is 9.00. The van der Waals surface area contributed by atoms with Crippen molar-refractivity contribution in [2.75, 3.05) is 0 Å². The van der Waals surface area contributed by atoms with Gasteiger partial charge < -0.3 is 0 Å². The van der Waals surface area contributed by atoms with Crippen LogP contribution in [0.1, 0.15) is 19.8 Å². The summed E-state index contributed by atoms with van der Waals surface area (Å²) in [7, 11) is -2.26. The summed E-state index contributed by atoms with van der Waals surface area (Å²) in [4.78, 5) is 10.3. The first-order valence-corrected chi connectivity index (χ1v) is 4.15. The summed E-state index contributed by atoms with van der Waals surface area (Å²) in [6, 6.07) is 0. The first-order valence-electron chi connectivity index (χ1n) is 2.70. The van der Waals surface area contributed by atoms with Crippen molar-refractivity contribution in [1.29, 1.82) is 0 Å².